The number of hydrogen-bond acceptors (Lipinski definition) is 7. The minimum absolute atomic E-state index is 0.0265. The molecule has 2 aromatic carbocycles. The van der Waals surface area contributed by atoms with E-state index in [0.29, 0.717) is 18.0 Å². The number of H-pyrrole nitrogens is 1. The van der Waals surface area contributed by atoms with E-state index in [1.807, 2.05) is 0 Å². The molecule has 3 heterocycles. The Hall–Kier alpha value is -4.84. The molecule has 2 amide bonds. The van der Waals surface area contributed by atoms with Crippen LogP contribution in [0.25, 0.3) is 11.0 Å². The molecule has 0 saturated carbocycles. The predicted octanol–water partition coefficient (Wildman–Crippen LogP) is 2.20. The summed E-state index contributed by atoms with van der Waals surface area (Å²) in [7, 11) is 0. The van der Waals surface area contributed by atoms with Gasteiger partial charge in [0.05, 0.1) is 11.2 Å². The summed E-state index contributed by atoms with van der Waals surface area (Å²) >= 11 is 0. The topological polar surface area (TPSA) is 172 Å². The van der Waals surface area contributed by atoms with Gasteiger partial charge in [-0.25, -0.2) is 19.2 Å². The van der Waals surface area contributed by atoms with E-state index in [1.54, 1.807) is 30.3 Å². The van der Waals surface area contributed by atoms with Crippen LogP contribution in [0.3, 0.4) is 0 Å². The first-order chi connectivity index (χ1) is 17.4. The number of aromatic amines is 1. The maximum atomic E-state index is 12.5. The number of anilines is 1. The average Bonchev–Trinajstić information content (AvgIpc) is 3.32. The molecule has 0 radical (unpaired) electrons. The number of benzene rings is 2. The molecule has 0 saturated heterocycles. The summed E-state index contributed by atoms with van der Waals surface area (Å²) in [6.45, 7) is 0.555. The molecule has 0 unspecified atom stereocenters. The van der Waals surface area contributed by atoms with E-state index in [2.05, 4.69) is 25.6 Å². The number of aromatic nitrogens is 3. The zero-order valence-corrected chi connectivity index (χ0v) is 18.7. The highest BCUT2D eigenvalue weighted by Gasteiger charge is 2.20. The monoisotopic (exact) mass is 492 g/mol. The lowest BCUT2D eigenvalue weighted by atomic mass is 10.1. The summed E-state index contributed by atoms with van der Waals surface area (Å²) < 4.78 is 17.6. The fraction of sp³-hybridized carbons (Fsp3) is 0.125. The van der Waals surface area contributed by atoms with Crippen molar-refractivity contribution < 1.29 is 28.6 Å². The Balaban J connectivity index is 0.000000286. The van der Waals surface area contributed by atoms with Gasteiger partial charge in [0.15, 0.2) is 12.3 Å². The molecule has 1 aliphatic heterocycles. The number of nitrogens with two attached hydrogens (primary N) is 1. The number of aromatic carboxylic acids is 1. The number of hydrogen-bond donors (Lipinski definition) is 5. The van der Waals surface area contributed by atoms with Crippen LogP contribution in [-0.4, -0.2) is 44.4 Å². The first-order valence-electron chi connectivity index (χ1n) is 10.7. The lowest BCUT2D eigenvalue weighted by molar-refractivity contribution is -0.118. The van der Waals surface area contributed by atoms with Crippen molar-refractivity contribution in [1.29, 1.82) is 0 Å². The molecule has 4 aromatic rings. The number of carbonyl (C=O) groups excluding carboxylic acids is 2. The minimum atomic E-state index is -1.15. The zero-order chi connectivity index (χ0) is 25.7. The lowest BCUT2D eigenvalue weighted by Crippen LogP contribution is -2.26. The molecule has 184 valence electrons. The molecule has 0 spiro atoms. The number of amides is 2. The molecular formula is C24H21FN6O5. The molecule has 6 N–H and O–H groups in total. The van der Waals surface area contributed by atoms with Gasteiger partial charge in [-0.1, -0.05) is 18.2 Å². The number of carboxylic acid groups (broad SMARTS) is 1. The maximum Gasteiger partial charge on any atom is 0.339 e. The first-order valence-corrected chi connectivity index (χ1v) is 10.7. The minimum Gasteiger partial charge on any atom is -0.482 e. The second-order valence-electron chi connectivity index (χ2n) is 7.64. The highest BCUT2D eigenvalue weighted by Crippen LogP contribution is 2.28. The van der Waals surface area contributed by atoms with Crippen LogP contribution in [0.2, 0.25) is 0 Å². The Kier molecular flexibility index (Phi) is 7.16. The van der Waals surface area contributed by atoms with Crippen LogP contribution in [0, 0.1) is 5.82 Å². The molecule has 36 heavy (non-hydrogen) atoms. The smallest absolute Gasteiger partial charge is 0.339 e. The molecule has 1 aliphatic rings. The van der Waals surface area contributed by atoms with Crippen molar-refractivity contribution in [1.82, 2.24) is 20.3 Å². The number of ether oxygens (including phenoxy) is 1. The van der Waals surface area contributed by atoms with Crippen molar-refractivity contribution in [2.24, 2.45) is 5.73 Å². The van der Waals surface area contributed by atoms with E-state index in [1.165, 1.54) is 18.3 Å². The standard InChI is InChI=1S/C17H13N5O5.C7H8FN/c23-12-6-27-11-2-1-8(3-10(11)22-12)4-19-16(24)15-14-13(20-7-21-15)9(5-18-14)17(25)26;8-7-3-1-2-6(4-7)5-9/h1-3,5,7,18H,4,6H2,(H,19,24)(H,22,23)(H,25,26);1-4H,5,9H2. The Bertz CT molecular complexity index is 1450. The largest absolute Gasteiger partial charge is 0.482 e. The van der Waals surface area contributed by atoms with Crippen LogP contribution in [0.5, 0.6) is 5.75 Å². The van der Waals surface area contributed by atoms with Crippen molar-refractivity contribution in [3.63, 3.8) is 0 Å². The highest BCUT2D eigenvalue weighted by atomic mass is 19.1. The summed E-state index contributed by atoms with van der Waals surface area (Å²) in [4.78, 5) is 45.7. The summed E-state index contributed by atoms with van der Waals surface area (Å²) in [6, 6.07) is 11.5. The Morgan fingerprint density at radius 2 is 2.00 bits per heavy atom. The van der Waals surface area contributed by atoms with Crippen LogP contribution in [0.15, 0.2) is 55.0 Å². The zero-order valence-electron chi connectivity index (χ0n) is 18.7. The SMILES string of the molecule is NCc1cccc(F)c1.O=C1COc2ccc(CNC(=O)c3ncnc4c(C(=O)O)c[nH]c34)cc2N1. The molecule has 0 fully saturated rings. The van der Waals surface area contributed by atoms with Crippen LogP contribution in [0.4, 0.5) is 10.1 Å². The van der Waals surface area contributed by atoms with E-state index in [9.17, 15) is 18.8 Å². The summed E-state index contributed by atoms with van der Waals surface area (Å²) in [5.41, 5.74) is 7.79. The molecule has 0 aliphatic carbocycles. The average molecular weight is 492 g/mol. The third-order valence-electron chi connectivity index (χ3n) is 5.16. The van der Waals surface area contributed by atoms with Gasteiger partial charge in [-0.3, -0.25) is 9.59 Å². The van der Waals surface area contributed by atoms with Gasteiger partial charge in [0.1, 0.15) is 29.0 Å². The number of carbonyl (C=O) groups is 3. The van der Waals surface area contributed by atoms with Gasteiger partial charge >= 0.3 is 5.97 Å². The quantitative estimate of drug-likeness (QED) is 0.282. The highest BCUT2D eigenvalue weighted by molar-refractivity contribution is 6.08. The molecule has 0 atom stereocenters. The van der Waals surface area contributed by atoms with Crippen molar-refractivity contribution in [2.45, 2.75) is 13.1 Å². The summed E-state index contributed by atoms with van der Waals surface area (Å²) in [5, 5.41) is 14.6. The number of carboxylic acids is 1. The van der Waals surface area contributed by atoms with E-state index in [0.717, 1.165) is 17.5 Å². The normalized spacial score (nSPS) is 12.0. The molecule has 2 aromatic heterocycles. The lowest BCUT2D eigenvalue weighted by Gasteiger charge is -2.18. The second-order valence-corrected chi connectivity index (χ2v) is 7.64. The maximum absolute atomic E-state index is 12.5. The van der Waals surface area contributed by atoms with Crippen LogP contribution < -0.4 is 21.1 Å². The van der Waals surface area contributed by atoms with Crippen molar-refractivity contribution >= 4 is 34.5 Å². The van der Waals surface area contributed by atoms with E-state index in [-0.39, 0.29) is 47.2 Å². The van der Waals surface area contributed by atoms with Gasteiger partial charge in [-0.2, -0.15) is 0 Å². The number of nitrogens with one attached hydrogen (secondary N) is 3. The Labute approximate surface area is 203 Å². The molecule has 11 nitrogen and oxygen atoms in total. The molecule has 5 rings (SSSR count). The summed E-state index contributed by atoms with van der Waals surface area (Å²) in [5.74, 6) is -1.54. The van der Waals surface area contributed by atoms with Gasteiger partial charge in [0.25, 0.3) is 11.8 Å². The number of halogens is 1. The first kappa shape index (κ1) is 24.3. The molecule has 0 bridgehead atoms. The van der Waals surface area contributed by atoms with Crippen molar-refractivity contribution in [3.8, 4) is 5.75 Å². The second kappa shape index (κ2) is 10.6. The third-order valence-corrected chi connectivity index (χ3v) is 5.16. The Morgan fingerprint density at radius 1 is 1.17 bits per heavy atom. The van der Waals surface area contributed by atoms with Gasteiger partial charge in [0, 0.05) is 19.3 Å². The van der Waals surface area contributed by atoms with Crippen LogP contribution >= 0.6 is 0 Å². The van der Waals surface area contributed by atoms with E-state index >= 15 is 0 Å². The van der Waals surface area contributed by atoms with E-state index < -0.39 is 11.9 Å². The van der Waals surface area contributed by atoms with Gasteiger partial charge < -0.3 is 31.2 Å². The number of nitrogens with zero attached hydrogens (tertiary/aromatic N) is 2. The third kappa shape index (κ3) is 5.45. The summed E-state index contributed by atoms with van der Waals surface area (Å²) in [6.07, 6.45) is 2.41. The fourth-order valence-electron chi connectivity index (χ4n) is 3.44. The van der Waals surface area contributed by atoms with Gasteiger partial charge in [-0.15, -0.1) is 0 Å². The molecule has 12 heteroatoms. The van der Waals surface area contributed by atoms with E-state index in [4.69, 9.17) is 15.6 Å². The van der Waals surface area contributed by atoms with Crippen LogP contribution in [-0.2, 0) is 17.9 Å². The number of rotatable bonds is 5. The van der Waals surface area contributed by atoms with Gasteiger partial charge in [-0.05, 0) is 35.4 Å². The van der Waals surface area contributed by atoms with Crippen LogP contribution in [0.1, 0.15) is 32.0 Å². The van der Waals surface area contributed by atoms with Crippen molar-refractivity contribution in [2.75, 3.05) is 11.9 Å². The molecular weight excluding hydrogens is 471 g/mol. The fourth-order valence-corrected chi connectivity index (χ4v) is 3.44. The Morgan fingerprint density at radius 3 is 2.72 bits per heavy atom. The predicted molar refractivity (Wildman–Crippen MR) is 127 cm³/mol. The van der Waals surface area contributed by atoms with Gasteiger partial charge in [0.2, 0.25) is 0 Å². The van der Waals surface area contributed by atoms with Crippen molar-refractivity contribution in [3.05, 3.63) is 83.2 Å². The number of fused-ring (bicyclic) bond motifs is 2.